The van der Waals surface area contributed by atoms with Gasteiger partial charge in [-0.2, -0.15) is 0 Å². The Kier molecular flexibility index (Phi) is 5.06. The number of hydrogen-bond acceptors (Lipinski definition) is 5. The lowest BCUT2D eigenvalue weighted by Crippen LogP contribution is -2.32. The molecule has 4 rings (SSSR count). The number of aromatic nitrogens is 1. The lowest BCUT2D eigenvalue weighted by molar-refractivity contribution is -0.115. The molecule has 0 bridgehead atoms. The van der Waals surface area contributed by atoms with E-state index in [1.165, 1.54) is 0 Å². The first-order valence-corrected chi connectivity index (χ1v) is 9.04. The van der Waals surface area contributed by atoms with Crippen LogP contribution in [0.5, 0.6) is 5.75 Å². The van der Waals surface area contributed by atoms with Gasteiger partial charge in [-0.05, 0) is 42.2 Å². The van der Waals surface area contributed by atoms with Gasteiger partial charge in [0.2, 0.25) is 0 Å². The van der Waals surface area contributed by atoms with Crippen molar-refractivity contribution in [2.45, 2.75) is 25.5 Å². The summed E-state index contributed by atoms with van der Waals surface area (Å²) in [5.41, 5.74) is 4.13. The fourth-order valence-electron chi connectivity index (χ4n) is 3.65. The molecule has 138 valence electrons. The van der Waals surface area contributed by atoms with E-state index in [9.17, 15) is 9.90 Å². The molecule has 1 atom stereocenters. The van der Waals surface area contributed by atoms with Crippen molar-refractivity contribution in [1.29, 1.82) is 0 Å². The van der Waals surface area contributed by atoms with Crippen LogP contribution in [-0.2, 0) is 33.6 Å². The molecule has 1 fully saturated rings. The van der Waals surface area contributed by atoms with Gasteiger partial charge in [0.1, 0.15) is 11.9 Å². The molecule has 0 spiro atoms. The monoisotopic (exact) mass is 357 g/mol. The van der Waals surface area contributed by atoms with Gasteiger partial charge < -0.3 is 23.9 Å². The van der Waals surface area contributed by atoms with Gasteiger partial charge in [-0.25, -0.2) is 0 Å². The predicted molar refractivity (Wildman–Crippen MR) is 96.6 cm³/mol. The summed E-state index contributed by atoms with van der Waals surface area (Å²) in [6.45, 7) is 3.54. The van der Waals surface area contributed by atoms with Crippen LogP contribution in [0, 0.1) is 0 Å². The molecule has 2 aliphatic heterocycles. The molecule has 1 aromatic carbocycles. The zero-order valence-electron chi connectivity index (χ0n) is 14.6. The van der Waals surface area contributed by atoms with Crippen molar-refractivity contribution in [3.05, 3.63) is 51.8 Å². The van der Waals surface area contributed by atoms with E-state index in [1.54, 1.807) is 18.2 Å². The topological polar surface area (TPSA) is 69.9 Å². The first-order chi connectivity index (χ1) is 12.7. The summed E-state index contributed by atoms with van der Waals surface area (Å²) in [7, 11) is 0. The smallest absolute Gasteiger partial charge is 0.251 e. The molecule has 1 saturated heterocycles. The molecular weight excluding hydrogens is 334 g/mol. The van der Waals surface area contributed by atoms with Crippen LogP contribution < -0.4 is 5.56 Å². The highest BCUT2D eigenvalue weighted by atomic mass is 16.6. The van der Waals surface area contributed by atoms with Crippen LogP contribution in [0.15, 0.2) is 35.1 Å². The van der Waals surface area contributed by atoms with Crippen LogP contribution in [0.1, 0.15) is 11.1 Å². The molecule has 2 aromatic rings. The molecule has 0 amide bonds. The molecule has 6 heteroatoms. The molecule has 0 aliphatic carbocycles. The fraction of sp³-hybridized carbons (Fsp3) is 0.450. The number of phenols is 1. The summed E-state index contributed by atoms with van der Waals surface area (Å²) in [6.07, 6.45) is 1.46. The molecule has 1 aromatic heterocycles. The second-order valence-corrected chi connectivity index (χ2v) is 6.68. The SMILES string of the molecule is O=c1ccc(CCOC[C@H]2COCCO2)c2n1CCc1cc(O)ccc1-2. The van der Waals surface area contributed by atoms with Crippen molar-refractivity contribution in [2.75, 3.05) is 33.0 Å². The van der Waals surface area contributed by atoms with Crippen LogP contribution in [0.25, 0.3) is 11.3 Å². The standard InChI is InChI=1S/C20H23NO5/c22-16-2-3-18-15(11-16)5-7-21-19(23)4-1-14(20(18)21)6-8-24-12-17-13-25-9-10-26-17/h1-4,11,17,22H,5-10,12-13H2/t17-/m0/s1. The Labute approximate surface area is 151 Å². The van der Waals surface area contributed by atoms with Crippen molar-refractivity contribution >= 4 is 0 Å². The van der Waals surface area contributed by atoms with Gasteiger partial charge in [-0.1, -0.05) is 6.07 Å². The van der Waals surface area contributed by atoms with E-state index in [4.69, 9.17) is 14.2 Å². The normalized spacial score (nSPS) is 19.0. The number of fused-ring (bicyclic) bond motifs is 3. The number of ether oxygens (including phenoxy) is 3. The second kappa shape index (κ2) is 7.61. The van der Waals surface area contributed by atoms with Crippen LogP contribution in [0.2, 0.25) is 0 Å². The second-order valence-electron chi connectivity index (χ2n) is 6.68. The van der Waals surface area contributed by atoms with E-state index in [-0.39, 0.29) is 17.4 Å². The highest BCUT2D eigenvalue weighted by Gasteiger charge is 2.20. The number of aryl methyl sites for hydroxylation is 1. The number of aromatic hydroxyl groups is 1. The van der Waals surface area contributed by atoms with Crippen molar-refractivity contribution < 1.29 is 19.3 Å². The molecule has 3 heterocycles. The van der Waals surface area contributed by atoms with Gasteiger partial charge in [0.05, 0.1) is 38.7 Å². The van der Waals surface area contributed by atoms with E-state index in [2.05, 4.69) is 0 Å². The minimum Gasteiger partial charge on any atom is -0.508 e. The predicted octanol–water partition coefficient (Wildman–Crippen LogP) is 1.75. The summed E-state index contributed by atoms with van der Waals surface area (Å²) in [6, 6.07) is 8.87. The summed E-state index contributed by atoms with van der Waals surface area (Å²) >= 11 is 0. The zero-order chi connectivity index (χ0) is 17.9. The molecule has 2 aliphatic rings. The number of phenolic OH excluding ortho intramolecular Hbond substituents is 1. The minimum atomic E-state index is -0.000223. The zero-order valence-corrected chi connectivity index (χ0v) is 14.6. The Morgan fingerprint density at radius 2 is 2.15 bits per heavy atom. The van der Waals surface area contributed by atoms with E-state index >= 15 is 0 Å². The summed E-state index contributed by atoms with van der Waals surface area (Å²) in [4.78, 5) is 12.3. The van der Waals surface area contributed by atoms with Crippen molar-refractivity contribution in [3.63, 3.8) is 0 Å². The highest BCUT2D eigenvalue weighted by molar-refractivity contribution is 5.70. The number of rotatable bonds is 5. The molecule has 0 unspecified atom stereocenters. The van der Waals surface area contributed by atoms with Crippen LogP contribution in [0.4, 0.5) is 0 Å². The van der Waals surface area contributed by atoms with Gasteiger partial charge in [0.25, 0.3) is 5.56 Å². The number of benzene rings is 1. The molecule has 6 nitrogen and oxygen atoms in total. The average molecular weight is 357 g/mol. The average Bonchev–Trinajstić information content (AvgIpc) is 2.67. The number of nitrogens with zero attached hydrogens (tertiary/aromatic N) is 1. The number of hydrogen-bond donors (Lipinski definition) is 1. The van der Waals surface area contributed by atoms with Gasteiger partial charge in [-0.15, -0.1) is 0 Å². The van der Waals surface area contributed by atoms with Crippen LogP contribution in [-0.4, -0.2) is 48.8 Å². The largest absolute Gasteiger partial charge is 0.508 e. The van der Waals surface area contributed by atoms with Crippen LogP contribution in [0.3, 0.4) is 0 Å². The molecular formula is C20H23NO5. The number of pyridine rings is 1. The maximum absolute atomic E-state index is 12.3. The van der Waals surface area contributed by atoms with Gasteiger partial charge in [0.15, 0.2) is 0 Å². The van der Waals surface area contributed by atoms with Crippen molar-refractivity contribution in [2.24, 2.45) is 0 Å². The first-order valence-electron chi connectivity index (χ1n) is 9.04. The van der Waals surface area contributed by atoms with E-state index < -0.39 is 0 Å². The summed E-state index contributed by atoms with van der Waals surface area (Å²) in [5, 5.41) is 9.75. The Bertz CT molecular complexity index is 839. The van der Waals surface area contributed by atoms with E-state index in [1.807, 2.05) is 16.7 Å². The quantitative estimate of drug-likeness (QED) is 0.826. The third kappa shape index (κ3) is 3.53. The lowest BCUT2D eigenvalue weighted by Gasteiger charge is -2.25. The Morgan fingerprint density at radius 1 is 1.23 bits per heavy atom. The molecule has 1 N–H and O–H groups in total. The molecule has 0 radical (unpaired) electrons. The van der Waals surface area contributed by atoms with Crippen LogP contribution >= 0.6 is 0 Å². The van der Waals surface area contributed by atoms with Gasteiger partial charge >= 0.3 is 0 Å². The lowest BCUT2D eigenvalue weighted by atomic mass is 9.93. The third-order valence-electron chi connectivity index (χ3n) is 4.92. The Morgan fingerprint density at radius 3 is 3.00 bits per heavy atom. The summed E-state index contributed by atoms with van der Waals surface area (Å²) < 4.78 is 18.5. The van der Waals surface area contributed by atoms with Gasteiger partial charge in [-0.3, -0.25) is 4.79 Å². The molecule has 0 saturated carbocycles. The maximum Gasteiger partial charge on any atom is 0.251 e. The van der Waals surface area contributed by atoms with E-state index in [0.29, 0.717) is 46.0 Å². The maximum atomic E-state index is 12.3. The Balaban J connectivity index is 1.51. The fourth-order valence-corrected chi connectivity index (χ4v) is 3.65. The third-order valence-corrected chi connectivity index (χ3v) is 4.92. The highest BCUT2D eigenvalue weighted by Crippen LogP contribution is 2.33. The van der Waals surface area contributed by atoms with Crippen molar-refractivity contribution in [3.8, 4) is 17.0 Å². The van der Waals surface area contributed by atoms with Crippen molar-refractivity contribution in [1.82, 2.24) is 4.57 Å². The minimum absolute atomic E-state index is 0.000223. The van der Waals surface area contributed by atoms with Gasteiger partial charge in [0, 0.05) is 18.2 Å². The Hall–Kier alpha value is -2.15. The summed E-state index contributed by atoms with van der Waals surface area (Å²) in [5.74, 6) is 0.259. The van der Waals surface area contributed by atoms with E-state index in [0.717, 1.165) is 28.8 Å². The first kappa shape index (κ1) is 17.3. The molecule has 26 heavy (non-hydrogen) atoms.